The minimum Gasteiger partial charge on any atom is -0.355 e. The van der Waals surface area contributed by atoms with Crippen LogP contribution in [0.1, 0.15) is 10.4 Å². The first kappa shape index (κ1) is 17.2. The summed E-state index contributed by atoms with van der Waals surface area (Å²) in [6.45, 7) is 0. The number of hydrogen-bond donors (Lipinski definition) is 2. The van der Waals surface area contributed by atoms with Crippen LogP contribution in [0.5, 0.6) is 0 Å². The van der Waals surface area contributed by atoms with Crippen LogP contribution in [0.15, 0.2) is 55.1 Å². The Labute approximate surface area is 159 Å². The first-order valence-corrected chi connectivity index (χ1v) is 8.56. The number of pyridine rings is 2. The molecule has 27 heavy (non-hydrogen) atoms. The van der Waals surface area contributed by atoms with Gasteiger partial charge in [-0.25, -0.2) is 9.37 Å². The Morgan fingerprint density at radius 3 is 2.74 bits per heavy atom. The second kappa shape index (κ2) is 6.81. The van der Waals surface area contributed by atoms with Crippen LogP contribution in [0, 0.1) is 5.82 Å². The number of benzene rings is 1. The molecule has 0 saturated heterocycles. The molecule has 1 amide bonds. The maximum atomic E-state index is 14.3. The Morgan fingerprint density at radius 1 is 1.15 bits per heavy atom. The summed E-state index contributed by atoms with van der Waals surface area (Å²) in [6, 6.07) is 8.18. The SMILES string of the molecule is CNC(=O)c1cncc(-c2cnc3[nH]cc(-c4ccccc4F)c3c2Cl)c1. The number of halogens is 2. The third kappa shape index (κ3) is 2.94. The molecule has 0 radical (unpaired) electrons. The summed E-state index contributed by atoms with van der Waals surface area (Å²) in [4.78, 5) is 23.4. The van der Waals surface area contributed by atoms with E-state index < -0.39 is 0 Å². The number of amides is 1. The van der Waals surface area contributed by atoms with Gasteiger partial charge in [0.2, 0.25) is 0 Å². The zero-order valence-electron chi connectivity index (χ0n) is 14.3. The molecular formula is C20H14ClFN4O. The van der Waals surface area contributed by atoms with Crippen molar-refractivity contribution in [3.05, 3.63) is 71.5 Å². The van der Waals surface area contributed by atoms with E-state index in [0.29, 0.717) is 43.9 Å². The van der Waals surface area contributed by atoms with E-state index in [1.54, 1.807) is 49.9 Å². The molecular weight excluding hydrogens is 367 g/mol. The molecule has 4 aromatic rings. The number of rotatable bonds is 3. The minimum absolute atomic E-state index is 0.247. The molecule has 0 aliphatic carbocycles. The average Bonchev–Trinajstić information content (AvgIpc) is 3.13. The Morgan fingerprint density at radius 2 is 1.96 bits per heavy atom. The highest BCUT2D eigenvalue weighted by Crippen LogP contribution is 2.39. The van der Waals surface area contributed by atoms with Crippen molar-refractivity contribution in [1.29, 1.82) is 0 Å². The molecule has 0 fully saturated rings. The average molecular weight is 381 g/mol. The highest BCUT2D eigenvalue weighted by molar-refractivity contribution is 6.39. The van der Waals surface area contributed by atoms with Gasteiger partial charge >= 0.3 is 0 Å². The van der Waals surface area contributed by atoms with E-state index in [1.807, 2.05) is 0 Å². The van der Waals surface area contributed by atoms with E-state index in [-0.39, 0.29) is 11.7 Å². The number of aromatic amines is 1. The summed E-state index contributed by atoms with van der Waals surface area (Å²) in [7, 11) is 1.55. The van der Waals surface area contributed by atoms with E-state index in [0.717, 1.165) is 0 Å². The van der Waals surface area contributed by atoms with Crippen molar-refractivity contribution in [2.45, 2.75) is 0 Å². The quantitative estimate of drug-likeness (QED) is 0.552. The number of fused-ring (bicyclic) bond motifs is 1. The van der Waals surface area contributed by atoms with E-state index in [2.05, 4.69) is 20.3 Å². The number of carbonyl (C=O) groups excluding carboxylic acids is 1. The van der Waals surface area contributed by atoms with Crippen LogP contribution in [-0.4, -0.2) is 27.9 Å². The van der Waals surface area contributed by atoms with Gasteiger partial charge in [0.15, 0.2) is 0 Å². The van der Waals surface area contributed by atoms with Gasteiger partial charge in [-0.15, -0.1) is 0 Å². The van der Waals surface area contributed by atoms with Gasteiger partial charge in [-0.05, 0) is 12.1 Å². The molecule has 0 atom stereocenters. The van der Waals surface area contributed by atoms with Gasteiger partial charge in [0, 0.05) is 59.5 Å². The molecule has 0 saturated carbocycles. The predicted octanol–water partition coefficient (Wildman–Crippen LogP) is 4.44. The van der Waals surface area contributed by atoms with Crippen LogP contribution in [0.25, 0.3) is 33.3 Å². The molecule has 0 unspecified atom stereocenters. The Balaban J connectivity index is 1.92. The Kier molecular flexibility index (Phi) is 4.33. The lowest BCUT2D eigenvalue weighted by atomic mass is 10.0. The van der Waals surface area contributed by atoms with Gasteiger partial charge in [0.05, 0.1) is 10.6 Å². The van der Waals surface area contributed by atoms with E-state index >= 15 is 0 Å². The van der Waals surface area contributed by atoms with Crippen LogP contribution in [-0.2, 0) is 0 Å². The van der Waals surface area contributed by atoms with Gasteiger partial charge in [-0.3, -0.25) is 9.78 Å². The van der Waals surface area contributed by atoms with Crippen molar-refractivity contribution >= 4 is 28.5 Å². The lowest BCUT2D eigenvalue weighted by Crippen LogP contribution is -2.17. The maximum absolute atomic E-state index is 14.3. The smallest absolute Gasteiger partial charge is 0.252 e. The molecule has 5 nitrogen and oxygen atoms in total. The zero-order valence-corrected chi connectivity index (χ0v) is 15.0. The number of H-pyrrole nitrogens is 1. The highest BCUT2D eigenvalue weighted by atomic mass is 35.5. The summed E-state index contributed by atoms with van der Waals surface area (Å²) in [6.07, 6.45) is 6.38. The fourth-order valence-corrected chi connectivity index (χ4v) is 3.36. The molecule has 0 spiro atoms. The molecule has 3 heterocycles. The van der Waals surface area contributed by atoms with E-state index in [4.69, 9.17) is 11.6 Å². The summed E-state index contributed by atoms with van der Waals surface area (Å²) < 4.78 is 14.3. The van der Waals surface area contributed by atoms with Gasteiger partial charge in [0.1, 0.15) is 11.5 Å². The third-order valence-corrected chi connectivity index (χ3v) is 4.73. The molecule has 0 aliphatic rings. The van der Waals surface area contributed by atoms with Crippen LogP contribution in [0.2, 0.25) is 5.02 Å². The fraction of sp³-hybridized carbons (Fsp3) is 0.0500. The molecule has 0 bridgehead atoms. The van der Waals surface area contributed by atoms with Crippen molar-refractivity contribution in [1.82, 2.24) is 20.3 Å². The summed E-state index contributed by atoms with van der Waals surface area (Å²) in [5, 5.41) is 3.59. The van der Waals surface area contributed by atoms with Crippen molar-refractivity contribution in [2.75, 3.05) is 7.05 Å². The number of aromatic nitrogens is 3. The van der Waals surface area contributed by atoms with Crippen LogP contribution < -0.4 is 5.32 Å². The minimum atomic E-state index is -0.344. The third-order valence-electron chi connectivity index (χ3n) is 4.34. The Bertz CT molecular complexity index is 1170. The monoisotopic (exact) mass is 380 g/mol. The summed E-state index contributed by atoms with van der Waals surface area (Å²) >= 11 is 6.68. The zero-order chi connectivity index (χ0) is 19.0. The largest absolute Gasteiger partial charge is 0.355 e. The highest BCUT2D eigenvalue weighted by Gasteiger charge is 2.18. The molecule has 2 N–H and O–H groups in total. The molecule has 7 heteroatoms. The fourth-order valence-electron chi connectivity index (χ4n) is 3.01. The van der Waals surface area contributed by atoms with Crippen LogP contribution in [0.3, 0.4) is 0 Å². The lowest BCUT2D eigenvalue weighted by molar-refractivity contribution is 0.0963. The first-order valence-electron chi connectivity index (χ1n) is 8.18. The predicted molar refractivity (Wildman–Crippen MR) is 103 cm³/mol. The van der Waals surface area contributed by atoms with Gasteiger partial charge in [-0.2, -0.15) is 0 Å². The number of nitrogens with zero attached hydrogens (tertiary/aromatic N) is 2. The lowest BCUT2D eigenvalue weighted by Gasteiger charge is -2.08. The molecule has 0 aliphatic heterocycles. The maximum Gasteiger partial charge on any atom is 0.252 e. The number of nitrogens with one attached hydrogen (secondary N) is 2. The number of hydrogen-bond acceptors (Lipinski definition) is 3. The normalized spacial score (nSPS) is 10.9. The second-order valence-corrected chi connectivity index (χ2v) is 6.31. The van der Waals surface area contributed by atoms with Gasteiger partial charge in [0.25, 0.3) is 5.91 Å². The van der Waals surface area contributed by atoms with Crippen molar-refractivity contribution < 1.29 is 9.18 Å². The molecule has 134 valence electrons. The van der Waals surface area contributed by atoms with Crippen LogP contribution in [0.4, 0.5) is 4.39 Å². The standard InChI is InChI=1S/C20H14ClFN4O/c1-23-20(27)12-6-11(7-24-8-12)14-9-25-19-17(18(14)21)15(10-26-19)13-4-2-3-5-16(13)22/h2-10H,1H3,(H,23,27)(H,25,26). The van der Waals surface area contributed by atoms with Gasteiger partial charge in [-0.1, -0.05) is 29.8 Å². The van der Waals surface area contributed by atoms with Crippen LogP contribution >= 0.6 is 11.6 Å². The van der Waals surface area contributed by atoms with Gasteiger partial charge < -0.3 is 10.3 Å². The number of carbonyl (C=O) groups is 1. The molecule has 1 aromatic carbocycles. The topological polar surface area (TPSA) is 70.7 Å². The van der Waals surface area contributed by atoms with Crippen molar-refractivity contribution in [3.63, 3.8) is 0 Å². The Hall–Kier alpha value is -3.25. The first-order chi connectivity index (χ1) is 13.1. The molecule has 4 rings (SSSR count). The van der Waals surface area contributed by atoms with E-state index in [1.165, 1.54) is 12.3 Å². The van der Waals surface area contributed by atoms with Crippen molar-refractivity contribution in [3.8, 4) is 22.3 Å². The summed E-state index contributed by atoms with van der Waals surface area (Å²) in [5.74, 6) is -0.591. The van der Waals surface area contributed by atoms with E-state index in [9.17, 15) is 9.18 Å². The van der Waals surface area contributed by atoms with Crippen molar-refractivity contribution in [2.24, 2.45) is 0 Å². The second-order valence-electron chi connectivity index (χ2n) is 5.93. The summed E-state index contributed by atoms with van der Waals surface area (Å²) in [5.41, 5.74) is 3.28. The molecule has 3 aromatic heterocycles.